The maximum Gasteiger partial charge on any atom is 0.409 e. The molecule has 0 spiro atoms. The molecule has 0 bridgehead atoms. The molecule has 8 heteroatoms. The van der Waals surface area contributed by atoms with E-state index in [1.54, 1.807) is 6.92 Å². The first-order valence-corrected chi connectivity index (χ1v) is 8.82. The lowest BCUT2D eigenvalue weighted by molar-refractivity contribution is -0.146. The normalized spacial score (nSPS) is 19.5. The van der Waals surface area contributed by atoms with Crippen molar-refractivity contribution in [2.45, 2.75) is 38.6 Å². The molecule has 1 aromatic carbocycles. The Bertz CT molecular complexity index is 689. The number of Topliss-reactive ketones (excluding diaryl/α,β-unsaturated/α-hetero) is 1. The number of benzene rings is 1. The molecule has 0 N–H and O–H groups in total. The average Bonchev–Trinajstić information content (AvgIpc) is 2.60. The Hall–Kier alpha value is -2.51. The van der Waals surface area contributed by atoms with Crippen LogP contribution < -0.4 is 0 Å². The van der Waals surface area contributed by atoms with Gasteiger partial charge in [0.2, 0.25) is 0 Å². The van der Waals surface area contributed by atoms with Gasteiger partial charge in [0.25, 0.3) is 0 Å². The molecular formula is C19H23F2NO5. The second kappa shape index (κ2) is 9.43. The third-order valence-electron chi connectivity index (χ3n) is 4.60. The first-order valence-electron chi connectivity index (χ1n) is 8.82. The minimum Gasteiger partial charge on any atom is -0.466 e. The van der Waals surface area contributed by atoms with E-state index in [0.717, 1.165) is 6.07 Å². The van der Waals surface area contributed by atoms with Crippen LogP contribution in [0.25, 0.3) is 0 Å². The molecule has 0 aromatic heterocycles. The van der Waals surface area contributed by atoms with Gasteiger partial charge in [-0.15, -0.1) is 0 Å². The standard InChI is InChI=1S/C19H23F2NO5/c1-3-27-18(24)11-17(23)13-4-5-22(19(25)26-2)16(9-13)8-12-6-14(20)10-15(21)7-12/h6-7,10,13,16H,3-5,8-9,11H2,1-2H3/t13-,16+/m1/s1. The molecule has 0 radical (unpaired) electrons. The summed E-state index contributed by atoms with van der Waals surface area (Å²) in [7, 11) is 1.25. The predicted molar refractivity (Wildman–Crippen MR) is 91.9 cm³/mol. The van der Waals surface area contributed by atoms with Crippen LogP contribution in [-0.2, 0) is 25.5 Å². The van der Waals surface area contributed by atoms with Crippen molar-refractivity contribution >= 4 is 17.8 Å². The zero-order valence-electron chi connectivity index (χ0n) is 15.4. The van der Waals surface area contributed by atoms with Gasteiger partial charge in [-0.3, -0.25) is 9.59 Å². The molecule has 2 atom stereocenters. The van der Waals surface area contributed by atoms with Crippen LogP contribution in [0.2, 0.25) is 0 Å². The summed E-state index contributed by atoms with van der Waals surface area (Å²) in [5, 5.41) is 0. The van der Waals surface area contributed by atoms with Gasteiger partial charge in [0.1, 0.15) is 23.8 Å². The Morgan fingerprint density at radius 2 is 1.85 bits per heavy atom. The van der Waals surface area contributed by atoms with Crippen molar-refractivity contribution in [2.75, 3.05) is 20.3 Å². The van der Waals surface area contributed by atoms with Gasteiger partial charge in [-0.05, 0) is 43.9 Å². The highest BCUT2D eigenvalue weighted by molar-refractivity contribution is 5.96. The molecule has 6 nitrogen and oxygen atoms in total. The van der Waals surface area contributed by atoms with Crippen LogP contribution in [0.1, 0.15) is 31.7 Å². The number of nitrogens with zero attached hydrogens (tertiary/aromatic N) is 1. The number of ether oxygens (including phenoxy) is 2. The van der Waals surface area contributed by atoms with Crippen LogP contribution in [0.5, 0.6) is 0 Å². The fraction of sp³-hybridized carbons (Fsp3) is 0.526. The Morgan fingerprint density at radius 3 is 2.44 bits per heavy atom. The second-order valence-electron chi connectivity index (χ2n) is 6.47. The van der Waals surface area contributed by atoms with E-state index in [1.807, 2.05) is 0 Å². The number of halogens is 2. The number of likely N-dealkylation sites (tertiary alicyclic amines) is 1. The molecule has 0 aliphatic carbocycles. The zero-order chi connectivity index (χ0) is 20.0. The quantitative estimate of drug-likeness (QED) is 0.558. The van der Waals surface area contributed by atoms with Gasteiger partial charge < -0.3 is 14.4 Å². The lowest BCUT2D eigenvalue weighted by atomic mass is 9.84. The van der Waals surface area contributed by atoms with Crippen molar-refractivity contribution < 1.29 is 32.6 Å². The number of amides is 1. The van der Waals surface area contributed by atoms with Crippen LogP contribution in [0.3, 0.4) is 0 Å². The number of hydrogen-bond donors (Lipinski definition) is 0. The second-order valence-corrected chi connectivity index (χ2v) is 6.47. The number of carbonyl (C=O) groups excluding carboxylic acids is 3. The number of methoxy groups -OCH3 is 1. The topological polar surface area (TPSA) is 72.9 Å². The van der Waals surface area contributed by atoms with Gasteiger partial charge in [-0.2, -0.15) is 0 Å². The lowest BCUT2D eigenvalue weighted by Gasteiger charge is -2.38. The average molecular weight is 383 g/mol. The van der Waals surface area contributed by atoms with Crippen LogP contribution >= 0.6 is 0 Å². The SMILES string of the molecule is CCOC(=O)CC(=O)[C@@H]1CCN(C(=O)OC)[C@@H](Cc2cc(F)cc(F)c2)C1. The van der Waals surface area contributed by atoms with E-state index in [4.69, 9.17) is 9.47 Å². The minimum atomic E-state index is -0.708. The lowest BCUT2D eigenvalue weighted by Crippen LogP contribution is -2.48. The van der Waals surface area contributed by atoms with Crippen LogP contribution in [-0.4, -0.2) is 49.0 Å². The van der Waals surface area contributed by atoms with Gasteiger partial charge in [0.05, 0.1) is 13.7 Å². The van der Waals surface area contributed by atoms with E-state index in [2.05, 4.69) is 0 Å². The molecular weight excluding hydrogens is 360 g/mol. The van der Waals surface area contributed by atoms with Crippen molar-refractivity contribution in [3.8, 4) is 0 Å². The monoisotopic (exact) mass is 383 g/mol. The first kappa shape index (κ1) is 20.8. The summed E-state index contributed by atoms with van der Waals surface area (Å²) in [6.45, 7) is 2.11. The molecule has 1 aliphatic rings. The van der Waals surface area contributed by atoms with E-state index >= 15 is 0 Å². The number of carbonyl (C=O) groups is 3. The smallest absolute Gasteiger partial charge is 0.409 e. The third-order valence-corrected chi connectivity index (χ3v) is 4.60. The van der Waals surface area contributed by atoms with E-state index < -0.39 is 35.7 Å². The Morgan fingerprint density at radius 1 is 1.19 bits per heavy atom. The highest BCUT2D eigenvalue weighted by atomic mass is 19.1. The number of esters is 1. The van der Waals surface area contributed by atoms with Crippen molar-refractivity contribution in [3.05, 3.63) is 35.4 Å². The summed E-state index contributed by atoms with van der Waals surface area (Å²) in [5.41, 5.74) is 0.380. The molecule has 27 heavy (non-hydrogen) atoms. The maximum atomic E-state index is 13.5. The summed E-state index contributed by atoms with van der Waals surface area (Å²) < 4.78 is 36.5. The molecule has 1 aliphatic heterocycles. The van der Waals surface area contributed by atoms with Crippen LogP contribution in [0.4, 0.5) is 13.6 Å². The van der Waals surface area contributed by atoms with E-state index in [0.29, 0.717) is 12.0 Å². The number of hydrogen-bond acceptors (Lipinski definition) is 5. The van der Waals surface area contributed by atoms with Crippen molar-refractivity contribution in [1.82, 2.24) is 4.90 Å². The van der Waals surface area contributed by atoms with Gasteiger partial charge in [0.15, 0.2) is 0 Å². The van der Waals surface area contributed by atoms with E-state index in [1.165, 1.54) is 24.1 Å². The number of rotatable bonds is 6. The largest absolute Gasteiger partial charge is 0.466 e. The summed E-state index contributed by atoms with van der Waals surface area (Å²) in [6, 6.07) is 2.70. The Labute approximate surface area is 156 Å². The molecule has 2 rings (SSSR count). The summed E-state index contributed by atoms with van der Waals surface area (Å²) in [6.07, 6.45) is -0.0363. The highest BCUT2D eigenvalue weighted by Gasteiger charge is 2.36. The molecule has 0 saturated carbocycles. The summed E-state index contributed by atoms with van der Waals surface area (Å²) in [5.74, 6) is -2.69. The van der Waals surface area contributed by atoms with Crippen molar-refractivity contribution in [2.24, 2.45) is 5.92 Å². The number of piperidine rings is 1. The number of ketones is 1. The summed E-state index contributed by atoms with van der Waals surface area (Å²) in [4.78, 5) is 37.4. The fourth-order valence-electron chi connectivity index (χ4n) is 3.39. The third kappa shape index (κ3) is 5.74. The fourth-order valence-corrected chi connectivity index (χ4v) is 3.39. The maximum absolute atomic E-state index is 13.5. The molecule has 1 amide bonds. The van der Waals surface area contributed by atoms with E-state index in [-0.39, 0.29) is 38.2 Å². The first-order chi connectivity index (χ1) is 12.8. The van der Waals surface area contributed by atoms with Crippen molar-refractivity contribution in [1.29, 1.82) is 0 Å². The molecule has 1 heterocycles. The van der Waals surface area contributed by atoms with Gasteiger partial charge >= 0.3 is 12.1 Å². The molecule has 148 valence electrons. The van der Waals surface area contributed by atoms with Gasteiger partial charge in [-0.1, -0.05) is 0 Å². The minimum absolute atomic E-state index is 0.174. The zero-order valence-corrected chi connectivity index (χ0v) is 15.4. The Balaban J connectivity index is 2.13. The van der Waals surface area contributed by atoms with Gasteiger partial charge in [-0.25, -0.2) is 13.6 Å². The van der Waals surface area contributed by atoms with E-state index in [9.17, 15) is 23.2 Å². The highest BCUT2D eigenvalue weighted by Crippen LogP contribution is 2.28. The van der Waals surface area contributed by atoms with Crippen molar-refractivity contribution in [3.63, 3.8) is 0 Å². The Kier molecular flexibility index (Phi) is 7.27. The summed E-state index contributed by atoms with van der Waals surface area (Å²) >= 11 is 0. The molecule has 1 aromatic rings. The predicted octanol–water partition coefficient (Wildman–Crippen LogP) is 2.88. The van der Waals surface area contributed by atoms with Crippen LogP contribution in [0, 0.1) is 17.6 Å². The molecule has 1 fully saturated rings. The van der Waals surface area contributed by atoms with Gasteiger partial charge in [0, 0.05) is 24.6 Å². The molecule has 0 unspecified atom stereocenters. The van der Waals surface area contributed by atoms with Crippen LogP contribution in [0.15, 0.2) is 18.2 Å². The molecule has 1 saturated heterocycles.